The van der Waals surface area contributed by atoms with E-state index in [0.29, 0.717) is 18.4 Å². The van der Waals surface area contributed by atoms with E-state index in [1.165, 1.54) is 0 Å². The van der Waals surface area contributed by atoms with Gasteiger partial charge in [0.2, 0.25) is 0 Å². The SMILES string of the molecule is O=C(O)CCCc1cc(F)c(Cl)cc1O. The van der Waals surface area contributed by atoms with Gasteiger partial charge in [-0.2, -0.15) is 0 Å². The summed E-state index contributed by atoms with van der Waals surface area (Å²) in [6.07, 6.45) is 0.653. The summed E-state index contributed by atoms with van der Waals surface area (Å²) in [6, 6.07) is 2.24. The van der Waals surface area contributed by atoms with Crippen LogP contribution in [0.25, 0.3) is 0 Å². The lowest BCUT2D eigenvalue weighted by atomic mass is 10.1. The van der Waals surface area contributed by atoms with Gasteiger partial charge in [0.25, 0.3) is 0 Å². The number of carboxylic acid groups (broad SMARTS) is 1. The Morgan fingerprint density at radius 2 is 2.13 bits per heavy atom. The summed E-state index contributed by atoms with van der Waals surface area (Å²) in [6.45, 7) is 0. The molecule has 82 valence electrons. The highest BCUT2D eigenvalue weighted by atomic mass is 35.5. The fourth-order valence-electron chi connectivity index (χ4n) is 1.21. The zero-order valence-electron chi connectivity index (χ0n) is 7.83. The zero-order valence-corrected chi connectivity index (χ0v) is 8.59. The van der Waals surface area contributed by atoms with Crippen LogP contribution in [0.3, 0.4) is 0 Å². The van der Waals surface area contributed by atoms with E-state index >= 15 is 0 Å². The molecular weight excluding hydrogens is 223 g/mol. The number of carbonyl (C=O) groups is 1. The van der Waals surface area contributed by atoms with Gasteiger partial charge in [-0.15, -0.1) is 0 Å². The number of benzene rings is 1. The van der Waals surface area contributed by atoms with Crippen molar-refractivity contribution in [1.29, 1.82) is 0 Å². The third kappa shape index (κ3) is 3.40. The summed E-state index contributed by atoms with van der Waals surface area (Å²) in [7, 11) is 0. The first-order valence-corrected chi connectivity index (χ1v) is 4.77. The lowest BCUT2D eigenvalue weighted by Gasteiger charge is -2.04. The molecule has 0 saturated heterocycles. The van der Waals surface area contributed by atoms with Gasteiger partial charge in [-0.1, -0.05) is 11.6 Å². The van der Waals surface area contributed by atoms with Crippen LogP contribution in [0, 0.1) is 5.82 Å². The van der Waals surface area contributed by atoms with E-state index in [4.69, 9.17) is 16.7 Å². The van der Waals surface area contributed by atoms with Gasteiger partial charge in [-0.25, -0.2) is 4.39 Å². The number of phenols is 1. The first-order chi connectivity index (χ1) is 7.00. The van der Waals surface area contributed by atoms with Crippen molar-refractivity contribution in [3.05, 3.63) is 28.5 Å². The van der Waals surface area contributed by atoms with E-state index < -0.39 is 11.8 Å². The molecule has 15 heavy (non-hydrogen) atoms. The summed E-state index contributed by atoms with van der Waals surface area (Å²) in [5, 5.41) is 17.6. The molecule has 0 amide bonds. The van der Waals surface area contributed by atoms with E-state index in [1.807, 2.05) is 0 Å². The number of aromatic hydroxyl groups is 1. The fraction of sp³-hybridized carbons (Fsp3) is 0.300. The smallest absolute Gasteiger partial charge is 0.303 e. The zero-order chi connectivity index (χ0) is 11.4. The molecule has 0 aliphatic heterocycles. The molecule has 5 heteroatoms. The highest BCUT2D eigenvalue weighted by Gasteiger charge is 2.08. The van der Waals surface area contributed by atoms with Gasteiger partial charge < -0.3 is 10.2 Å². The number of phenolic OH excluding ortho intramolecular Hbond substituents is 1. The lowest BCUT2D eigenvalue weighted by molar-refractivity contribution is -0.137. The molecule has 3 nitrogen and oxygen atoms in total. The fourth-order valence-corrected chi connectivity index (χ4v) is 1.37. The van der Waals surface area contributed by atoms with Gasteiger partial charge in [0, 0.05) is 12.5 Å². The van der Waals surface area contributed by atoms with Crippen molar-refractivity contribution in [2.24, 2.45) is 0 Å². The van der Waals surface area contributed by atoms with Crippen LogP contribution in [0.2, 0.25) is 5.02 Å². The summed E-state index contributed by atoms with van der Waals surface area (Å²) < 4.78 is 13.0. The summed E-state index contributed by atoms with van der Waals surface area (Å²) >= 11 is 5.44. The van der Waals surface area contributed by atoms with Gasteiger partial charge in [0.05, 0.1) is 5.02 Å². The Balaban J connectivity index is 2.69. The highest BCUT2D eigenvalue weighted by Crippen LogP contribution is 2.26. The number of carboxylic acids is 1. The second kappa shape index (κ2) is 4.98. The molecule has 1 rings (SSSR count). The minimum absolute atomic E-state index is 0.0102. The highest BCUT2D eigenvalue weighted by molar-refractivity contribution is 6.30. The van der Waals surface area contributed by atoms with Crippen molar-refractivity contribution in [3.8, 4) is 5.75 Å². The number of rotatable bonds is 4. The molecule has 1 aromatic rings. The number of halogens is 2. The Labute approximate surface area is 91.1 Å². The van der Waals surface area contributed by atoms with Crippen LogP contribution in [0.15, 0.2) is 12.1 Å². The molecule has 2 N–H and O–H groups in total. The van der Waals surface area contributed by atoms with Gasteiger partial charge in [-0.3, -0.25) is 4.79 Å². The van der Waals surface area contributed by atoms with Crippen molar-refractivity contribution in [2.75, 3.05) is 0 Å². The van der Waals surface area contributed by atoms with Crippen LogP contribution >= 0.6 is 11.6 Å². The average Bonchev–Trinajstić information content (AvgIpc) is 2.13. The van der Waals surface area contributed by atoms with E-state index in [0.717, 1.165) is 12.1 Å². The first kappa shape index (κ1) is 11.8. The topological polar surface area (TPSA) is 57.5 Å². The van der Waals surface area contributed by atoms with Crippen LogP contribution in [0.1, 0.15) is 18.4 Å². The van der Waals surface area contributed by atoms with E-state index in [-0.39, 0.29) is 17.2 Å². The molecule has 0 fully saturated rings. The molecule has 0 heterocycles. The van der Waals surface area contributed by atoms with Crippen LogP contribution in [0.4, 0.5) is 4.39 Å². The Morgan fingerprint density at radius 1 is 1.47 bits per heavy atom. The largest absolute Gasteiger partial charge is 0.508 e. The normalized spacial score (nSPS) is 10.3. The Hall–Kier alpha value is -1.29. The third-order valence-electron chi connectivity index (χ3n) is 1.96. The van der Waals surface area contributed by atoms with Gasteiger partial charge in [-0.05, 0) is 24.5 Å². The molecule has 0 unspecified atom stereocenters. The molecule has 0 atom stereocenters. The van der Waals surface area contributed by atoms with Gasteiger partial charge in [0.15, 0.2) is 0 Å². The van der Waals surface area contributed by atoms with E-state index in [9.17, 15) is 14.3 Å². The molecule has 0 aliphatic rings. The van der Waals surface area contributed by atoms with E-state index in [1.54, 1.807) is 0 Å². The number of aryl methyl sites for hydroxylation is 1. The monoisotopic (exact) mass is 232 g/mol. The van der Waals surface area contributed by atoms with Crippen LogP contribution < -0.4 is 0 Å². The molecule has 0 radical (unpaired) electrons. The number of hydrogen-bond donors (Lipinski definition) is 2. The van der Waals surface area contributed by atoms with Crippen LogP contribution in [-0.4, -0.2) is 16.2 Å². The maximum atomic E-state index is 13.0. The van der Waals surface area contributed by atoms with Crippen LogP contribution in [-0.2, 0) is 11.2 Å². The summed E-state index contributed by atoms with van der Waals surface area (Å²) in [5.74, 6) is -1.63. The predicted molar refractivity (Wildman–Crippen MR) is 53.6 cm³/mol. The Morgan fingerprint density at radius 3 is 2.73 bits per heavy atom. The quantitative estimate of drug-likeness (QED) is 0.839. The Bertz CT molecular complexity index is 379. The molecule has 0 saturated carbocycles. The van der Waals surface area contributed by atoms with Gasteiger partial charge >= 0.3 is 5.97 Å². The molecule has 0 bridgehead atoms. The van der Waals surface area contributed by atoms with Crippen LogP contribution in [0.5, 0.6) is 5.75 Å². The van der Waals surface area contributed by atoms with Crippen molar-refractivity contribution in [2.45, 2.75) is 19.3 Å². The van der Waals surface area contributed by atoms with Crippen molar-refractivity contribution < 1.29 is 19.4 Å². The van der Waals surface area contributed by atoms with Crippen molar-refractivity contribution in [3.63, 3.8) is 0 Å². The number of hydrogen-bond acceptors (Lipinski definition) is 2. The molecule has 0 aromatic heterocycles. The summed E-state index contributed by atoms with van der Waals surface area (Å²) in [5.41, 5.74) is 0.373. The predicted octanol–water partition coefficient (Wildman–Crippen LogP) is 2.59. The van der Waals surface area contributed by atoms with Crippen molar-refractivity contribution >= 4 is 17.6 Å². The maximum Gasteiger partial charge on any atom is 0.303 e. The third-order valence-corrected chi connectivity index (χ3v) is 2.25. The first-order valence-electron chi connectivity index (χ1n) is 4.39. The van der Waals surface area contributed by atoms with E-state index in [2.05, 4.69) is 0 Å². The average molecular weight is 233 g/mol. The van der Waals surface area contributed by atoms with Crippen molar-refractivity contribution in [1.82, 2.24) is 0 Å². The van der Waals surface area contributed by atoms with Gasteiger partial charge in [0.1, 0.15) is 11.6 Å². The lowest BCUT2D eigenvalue weighted by Crippen LogP contribution is -1.96. The molecule has 0 spiro atoms. The molecule has 1 aromatic carbocycles. The molecule has 0 aliphatic carbocycles. The summed E-state index contributed by atoms with van der Waals surface area (Å²) in [4.78, 5) is 10.2. The standard InChI is InChI=1S/C10H10ClFO3/c11-7-5-9(13)6(4-8(7)12)2-1-3-10(14)15/h4-5,13H,1-3H2,(H,14,15). The minimum atomic E-state index is -0.913. The Kier molecular flexibility index (Phi) is 3.91. The minimum Gasteiger partial charge on any atom is -0.508 e. The number of aliphatic carboxylic acids is 1. The second-order valence-corrected chi connectivity index (χ2v) is 3.55. The maximum absolute atomic E-state index is 13.0. The second-order valence-electron chi connectivity index (χ2n) is 3.14. The molecular formula is C10H10ClFO3.